The number of hydrogen-bond acceptors (Lipinski definition) is 7. The highest BCUT2D eigenvalue weighted by molar-refractivity contribution is 7.17. The molecule has 0 saturated heterocycles. The summed E-state index contributed by atoms with van der Waals surface area (Å²) in [5.74, 6) is -0.795. The first-order valence-electron chi connectivity index (χ1n) is 12.2. The Labute approximate surface area is 216 Å². The van der Waals surface area contributed by atoms with Crippen LogP contribution >= 0.6 is 22.7 Å². The average molecular weight is 522 g/mol. The summed E-state index contributed by atoms with van der Waals surface area (Å²) in [5, 5.41) is 5.83. The zero-order valence-corrected chi connectivity index (χ0v) is 21.9. The molecule has 7 nitrogen and oxygen atoms in total. The van der Waals surface area contributed by atoms with E-state index in [0.29, 0.717) is 20.8 Å². The standard InChI is InChI=1S/C27H27N3O4S2/c1-3-16-9-11-17(12-10-16)19-14-35-24-22(19)26(32)30(15-28-24)13-21(31)29-25-23(27(33)34-4-2)18-7-5-6-8-20(18)36-25/h9-12,14-15H,3-8,13H2,1-2H3,(H,29,31). The fourth-order valence-corrected chi connectivity index (χ4v) is 6.81. The monoisotopic (exact) mass is 521 g/mol. The molecule has 0 aliphatic heterocycles. The van der Waals surface area contributed by atoms with E-state index in [9.17, 15) is 14.4 Å². The summed E-state index contributed by atoms with van der Waals surface area (Å²) >= 11 is 2.85. The van der Waals surface area contributed by atoms with E-state index in [2.05, 4.69) is 29.4 Å². The molecule has 0 spiro atoms. The number of amides is 1. The lowest BCUT2D eigenvalue weighted by molar-refractivity contribution is -0.116. The molecule has 0 fully saturated rings. The predicted molar refractivity (Wildman–Crippen MR) is 144 cm³/mol. The van der Waals surface area contributed by atoms with Gasteiger partial charge in [0.2, 0.25) is 5.91 Å². The summed E-state index contributed by atoms with van der Waals surface area (Å²) < 4.78 is 6.60. The van der Waals surface area contributed by atoms with Crippen LogP contribution < -0.4 is 10.9 Å². The topological polar surface area (TPSA) is 90.3 Å². The van der Waals surface area contributed by atoms with Crippen LogP contribution in [0.25, 0.3) is 21.3 Å². The minimum absolute atomic E-state index is 0.198. The third kappa shape index (κ3) is 4.60. The Morgan fingerprint density at radius 1 is 1.14 bits per heavy atom. The lowest BCUT2D eigenvalue weighted by Gasteiger charge is -2.12. The van der Waals surface area contributed by atoms with Crippen LogP contribution in [-0.2, 0) is 35.3 Å². The van der Waals surface area contributed by atoms with Crippen molar-refractivity contribution in [2.45, 2.75) is 52.5 Å². The van der Waals surface area contributed by atoms with Crippen molar-refractivity contribution in [3.8, 4) is 11.1 Å². The van der Waals surface area contributed by atoms with Crippen LogP contribution in [0.2, 0.25) is 0 Å². The molecule has 36 heavy (non-hydrogen) atoms. The first kappa shape index (κ1) is 24.4. The molecule has 1 amide bonds. The first-order valence-corrected chi connectivity index (χ1v) is 13.9. The van der Waals surface area contributed by atoms with Crippen molar-refractivity contribution in [1.29, 1.82) is 0 Å². The number of hydrogen-bond donors (Lipinski definition) is 1. The van der Waals surface area contributed by atoms with E-state index in [0.717, 1.165) is 53.7 Å². The molecule has 0 unspecified atom stereocenters. The molecule has 5 rings (SSSR count). The molecule has 0 atom stereocenters. The maximum Gasteiger partial charge on any atom is 0.341 e. The molecular formula is C27H27N3O4S2. The van der Waals surface area contributed by atoms with Gasteiger partial charge >= 0.3 is 5.97 Å². The van der Waals surface area contributed by atoms with Gasteiger partial charge in [0.25, 0.3) is 5.56 Å². The number of fused-ring (bicyclic) bond motifs is 2. The van der Waals surface area contributed by atoms with Crippen LogP contribution in [0.3, 0.4) is 0 Å². The second kappa shape index (κ2) is 10.4. The molecular weight excluding hydrogens is 494 g/mol. The van der Waals surface area contributed by atoms with Gasteiger partial charge in [0.15, 0.2) is 0 Å². The highest BCUT2D eigenvalue weighted by Gasteiger charge is 2.27. The number of aryl methyl sites for hydroxylation is 2. The number of ether oxygens (including phenoxy) is 1. The van der Waals surface area contributed by atoms with E-state index < -0.39 is 5.97 Å². The molecule has 0 bridgehead atoms. The Hall–Kier alpha value is -3.30. The summed E-state index contributed by atoms with van der Waals surface area (Å²) in [6, 6.07) is 8.14. The van der Waals surface area contributed by atoms with Crippen LogP contribution in [0.15, 0.2) is 40.8 Å². The van der Waals surface area contributed by atoms with Gasteiger partial charge in [0.05, 0.1) is 23.9 Å². The molecule has 3 aromatic heterocycles. The number of esters is 1. The summed E-state index contributed by atoms with van der Waals surface area (Å²) in [5.41, 5.74) is 4.17. The van der Waals surface area contributed by atoms with Gasteiger partial charge in [-0.3, -0.25) is 14.2 Å². The van der Waals surface area contributed by atoms with Crippen LogP contribution in [0.1, 0.15) is 53.1 Å². The van der Waals surface area contributed by atoms with Crippen molar-refractivity contribution in [2.75, 3.05) is 11.9 Å². The molecule has 3 heterocycles. The number of benzene rings is 1. The zero-order chi connectivity index (χ0) is 25.2. The Kier molecular flexibility index (Phi) is 7.02. The maximum absolute atomic E-state index is 13.4. The normalized spacial score (nSPS) is 12.9. The average Bonchev–Trinajstić information content (AvgIpc) is 3.47. The minimum Gasteiger partial charge on any atom is -0.462 e. The van der Waals surface area contributed by atoms with E-state index in [1.165, 1.54) is 39.1 Å². The van der Waals surface area contributed by atoms with E-state index >= 15 is 0 Å². The Balaban J connectivity index is 1.43. The van der Waals surface area contributed by atoms with E-state index in [1.807, 2.05) is 17.5 Å². The SMILES string of the molecule is CCOC(=O)c1c(NC(=O)Cn2cnc3scc(-c4ccc(CC)cc4)c3c2=O)sc2c1CCCC2. The molecule has 1 aliphatic rings. The van der Waals surface area contributed by atoms with Crippen molar-refractivity contribution in [3.63, 3.8) is 0 Å². The molecule has 9 heteroatoms. The lowest BCUT2D eigenvalue weighted by Crippen LogP contribution is -2.28. The summed E-state index contributed by atoms with van der Waals surface area (Å²) in [6.07, 6.45) is 6.12. The quantitative estimate of drug-likeness (QED) is 0.327. The Morgan fingerprint density at radius 2 is 1.92 bits per heavy atom. The number of anilines is 1. The summed E-state index contributed by atoms with van der Waals surface area (Å²) in [7, 11) is 0. The van der Waals surface area contributed by atoms with E-state index in [-0.39, 0.29) is 24.6 Å². The molecule has 1 aromatic carbocycles. The van der Waals surface area contributed by atoms with Crippen LogP contribution in [0.5, 0.6) is 0 Å². The molecule has 1 aliphatic carbocycles. The Bertz CT molecular complexity index is 1500. The van der Waals surface area contributed by atoms with Gasteiger partial charge in [0.1, 0.15) is 16.4 Å². The van der Waals surface area contributed by atoms with Gasteiger partial charge in [-0.2, -0.15) is 0 Å². The highest BCUT2D eigenvalue weighted by atomic mass is 32.1. The Morgan fingerprint density at radius 3 is 2.67 bits per heavy atom. The van der Waals surface area contributed by atoms with Crippen molar-refractivity contribution < 1.29 is 14.3 Å². The van der Waals surface area contributed by atoms with Gasteiger partial charge in [-0.25, -0.2) is 9.78 Å². The number of carbonyl (C=O) groups is 2. The molecule has 1 N–H and O–H groups in total. The molecule has 0 saturated carbocycles. The predicted octanol–water partition coefficient (Wildman–Crippen LogP) is 5.44. The van der Waals surface area contributed by atoms with Gasteiger partial charge in [-0.1, -0.05) is 31.2 Å². The third-order valence-corrected chi connectivity index (χ3v) is 8.55. The number of rotatable bonds is 7. The van der Waals surface area contributed by atoms with Gasteiger partial charge in [-0.15, -0.1) is 22.7 Å². The van der Waals surface area contributed by atoms with Gasteiger partial charge in [-0.05, 0) is 55.7 Å². The molecule has 4 aromatic rings. The lowest BCUT2D eigenvalue weighted by atomic mass is 9.95. The van der Waals surface area contributed by atoms with Crippen molar-refractivity contribution in [1.82, 2.24) is 9.55 Å². The highest BCUT2D eigenvalue weighted by Crippen LogP contribution is 2.38. The number of nitrogens with one attached hydrogen (secondary N) is 1. The van der Waals surface area contributed by atoms with Crippen molar-refractivity contribution >= 4 is 49.8 Å². The number of carbonyl (C=O) groups excluding carboxylic acids is 2. The van der Waals surface area contributed by atoms with E-state index in [1.54, 1.807) is 6.92 Å². The molecule has 0 radical (unpaired) electrons. The fraction of sp³-hybridized carbons (Fsp3) is 0.333. The molecule has 186 valence electrons. The number of aromatic nitrogens is 2. The minimum atomic E-state index is -0.413. The summed E-state index contributed by atoms with van der Waals surface area (Å²) in [6.45, 7) is 3.93. The van der Waals surface area contributed by atoms with Crippen molar-refractivity contribution in [3.05, 3.63) is 67.9 Å². The van der Waals surface area contributed by atoms with Crippen LogP contribution in [0, 0.1) is 0 Å². The maximum atomic E-state index is 13.4. The number of thiophene rings is 2. The smallest absolute Gasteiger partial charge is 0.341 e. The fourth-order valence-electron chi connectivity index (χ4n) is 4.61. The zero-order valence-electron chi connectivity index (χ0n) is 20.3. The van der Waals surface area contributed by atoms with Crippen molar-refractivity contribution in [2.24, 2.45) is 0 Å². The van der Waals surface area contributed by atoms with Crippen LogP contribution in [0.4, 0.5) is 5.00 Å². The van der Waals surface area contributed by atoms with E-state index in [4.69, 9.17) is 4.74 Å². The second-order valence-corrected chi connectivity index (χ2v) is 10.7. The number of nitrogens with zero attached hydrogens (tertiary/aromatic N) is 2. The van der Waals surface area contributed by atoms with Gasteiger partial charge < -0.3 is 10.1 Å². The van der Waals surface area contributed by atoms with Crippen LogP contribution in [-0.4, -0.2) is 28.0 Å². The van der Waals surface area contributed by atoms with Gasteiger partial charge in [0, 0.05) is 15.8 Å². The third-order valence-electron chi connectivity index (χ3n) is 6.45. The largest absolute Gasteiger partial charge is 0.462 e. The summed E-state index contributed by atoms with van der Waals surface area (Å²) in [4.78, 5) is 45.3. The second-order valence-electron chi connectivity index (χ2n) is 8.74. The first-order chi connectivity index (χ1) is 17.5.